The van der Waals surface area contributed by atoms with E-state index in [4.69, 9.17) is 9.52 Å². The summed E-state index contributed by atoms with van der Waals surface area (Å²) in [4.78, 5) is 10.3. The van der Waals surface area contributed by atoms with Crippen molar-refractivity contribution in [2.75, 3.05) is 6.54 Å². The zero-order chi connectivity index (χ0) is 12.5. The van der Waals surface area contributed by atoms with E-state index in [-0.39, 0.29) is 5.09 Å². The van der Waals surface area contributed by atoms with Crippen LogP contribution in [0, 0.1) is 0 Å². The summed E-state index contributed by atoms with van der Waals surface area (Å²) in [6.45, 7) is -0.681. The topological polar surface area (TPSA) is 96.6 Å². The summed E-state index contributed by atoms with van der Waals surface area (Å²) < 4.78 is 30.3. The summed E-state index contributed by atoms with van der Waals surface area (Å²) in [6.07, 6.45) is 0. The monoisotopic (exact) mass is 255 g/mol. The highest BCUT2D eigenvalue weighted by molar-refractivity contribution is 7.89. The van der Waals surface area contributed by atoms with Crippen LogP contribution in [0.15, 0.2) is 39.8 Å². The molecule has 0 spiro atoms. The van der Waals surface area contributed by atoms with E-state index >= 15 is 0 Å². The number of fused-ring (bicyclic) bond motifs is 1. The van der Waals surface area contributed by atoms with Gasteiger partial charge in [0.25, 0.3) is 10.0 Å². The van der Waals surface area contributed by atoms with Gasteiger partial charge in [-0.15, -0.1) is 0 Å². The maximum Gasteiger partial charge on any atom is 0.318 e. The molecule has 6 nitrogen and oxygen atoms in total. The second-order valence-electron chi connectivity index (χ2n) is 3.32. The molecule has 2 aromatic rings. The molecule has 0 bridgehead atoms. The van der Waals surface area contributed by atoms with Gasteiger partial charge in [0.05, 0.1) is 0 Å². The van der Waals surface area contributed by atoms with Crippen molar-refractivity contribution in [1.82, 2.24) is 4.72 Å². The van der Waals surface area contributed by atoms with Crippen LogP contribution in [-0.4, -0.2) is 26.0 Å². The molecule has 90 valence electrons. The van der Waals surface area contributed by atoms with E-state index in [0.717, 1.165) is 0 Å². The van der Waals surface area contributed by atoms with Gasteiger partial charge in [0, 0.05) is 11.5 Å². The summed E-state index contributed by atoms with van der Waals surface area (Å²) in [6, 6.07) is 8.14. The molecular formula is C10H9NO5S. The Hall–Kier alpha value is -1.86. The normalized spacial score (nSPS) is 11.8. The van der Waals surface area contributed by atoms with Gasteiger partial charge in [0.2, 0.25) is 5.09 Å². The molecule has 0 radical (unpaired) electrons. The minimum Gasteiger partial charge on any atom is -0.480 e. The van der Waals surface area contributed by atoms with Crippen molar-refractivity contribution in [3.8, 4) is 0 Å². The van der Waals surface area contributed by atoms with E-state index in [1.54, 1.807) is 24.3 Å². The zero-order valence-electron chi connectivity index (χ0n) is 8.58. The largest absolute Gasteiger partial charge is 0.480 e. The van der Waals surface area contributed by atoms with Crippen LogP contribution in [0.4, 0.5) is 0 Å². The van der Waals surface area contributed by atoms with Gasteiger partial charge < -0.3 is 9.52 Å². The fourth-order valence-corrected chi connectivity index (χ4v) is 2.26. The molecule has 0 unspecified atom stereocenters. The fourth-order valence-electron chi connectivity index (χ4n) is 1.32. The smallest absolute Gasteiger partial charge is 0.318 e. The third-order valence-electron chi connectivity index (χ3n) is 2.08. The summed E-state index contributed by atoms with van der Waals surface area (Å²) in [5.74, 6) is -1.26. The van der Waals surface area contributed by atoms with Crippen LogP contribution in [0.1, 0.15) is 0 Å². The molecule has 0 saturated carbocycles. The molecule has 0 fully saturated rings. The summed E-state index contributed by atoms with van der Waals surface area (Å²) in [5, 5.41) is 8.76. The van der Waals surface area contributed by atoms with Gasteiger partial charge in [0.1, 0.15) is 12.1 Å². The zero-order valence-corrected chi connectivity index (χ0v) is 9.40. The number of aliphatic carboxylic acids is 1. The molecular weight excluding hydrogens is 246 g/mol. The third kappa shape index (κ3) is 2.45. The standard InChI is InChI=1S/C10H9NO5S/c12-9(13)6-11-17(14,15)10-5-7-3-1-2-4-8(7)16-10/h1-5,11H,6H2,(H,12,13). The summed E-state index contributed by atoms with van der Waals surface area (Å²) in [7, 11) is -3.91. The van der Waals surface area contributed by atoms with Gasteiger partial charge in [-0.25, -0.2) is 8.42 Å². The van der Waals surface area contributed by atoms with Crippen LogP contribution in [-0.2, 0) is 14.8 Å². The number of para-hydroxylation sites is 1. The van der Waals surface area contributed by atoms with Crippen molar-refractivity contribution in [1.29, 1.82) is 0 Å². The minimum absolute atomic E-state index is 0.292. The molecule has 7 heteroatoms. The first-order valence-corrected chi connectivity index (χ1v) is 6.17. The highest BCUT2D eigenvalue weighted by atomic mass is 32.2. The number of hydrogen-bond acceptors (Lipinski definition) is 4. The van der Waals surface area contributed by atoms with E-state index < -0.39 is 22.5 Å². The number of carbonyl (C=O) groups is 1. The lowest BCUT2D eigenvalue weighted by Crippen LogP contribution is -2.29. The van der Waals surface area contributed by atoms with Gasteiger partial charge in [-0.3, -0.25) is 4.79 Å². The molecule has 0 aliphatic rings. The highest BCUT2D eigenvalue weighted by Crippen LogP contribution is 2.21. The molecule has 17 heavy (non-hydrogen) atoms. The number of rotatable bonds is 4. The van der Waals surface area contributed by atoms with Gasteiger partial charge >= 0.3 is 5.97 Å². The Bertz CT molecular complexity index is 625. The van der Waals surface area contributed by atoms with E-state index in [9.17, 15) is 13.2 Å². The number of nitrogens with one attached hydrogen (secondary N) is 1. The molecule has 1 aromatic carbocycles. The predicted molar refractivity (Wildman–Crippen MR) is 59.0 cm³/mol. The quantitative estimate of drug-likeness (QED) is 0.842. The molecule has 2 N–H and O–H groups in total. The Morgan fingerprint density at radius 1 is 1.35 bits per heavy atom. The Kier molecular flexibility index (Phi) is 2.86. The Labute approximate surface area is 96.9 Å². The Morgan fingerprint density at radius 2 is 2.06 bits per heavy atom. The predicted octanol–water partition coefficient (Wildman–Crippen LogP) is 0.796. The molecule has 0 aliphatic heterocycles. The first-order valence-electron chi connectivity index (χ1n) is 4.69. The van der Waals surface area contributed by atoms with E-state index in [1.807, 2.05) is 4.72 Å². The molecule has 0 amide bonds. The molecule has 1 heterocycles. The fraction of sp³-hybridized carbons (Fsp3) is 0.100. The van der Waals surface area contributed by atoms with Crippen molar-refractivity contribution in [2.45, 2.75) is 5.09 Å². The summed E-state index contributed by atoms with van der Waals surface area (Å²) in [5.41, 5.74) is 0.434. The molecule has 0 aliphatic carbocycles. The van der Waals surface area contributed by atoms with Gasteiger partial charge in [-0.2, -0.15) is 4.72 Å². The lowest BCUT2D eigenvalue weighted by molar-refractivity contribution is -0.135. The number of furan rings is 1. The van der Waals surface area contributed by atoms with Crippen LogP contribution in [0.3, 0.4) is 0 Å². The van der Waals surface area contributed by atoms with Gasteiger partial charge in [-0.05, 0) is 6.07 Å². The molecule has 2 rings (SSSR count). The van der Waals surface area contributed by atoms with Crippen LogP contribution in [0.2, 0.25) is 0 Å². The molecule has 0 saturated heterocycles. The van der Waals surface area contributed by atoms with E-state index in [1.165, 1.54) is 6.07 Å². The Balaban J connectivity index is 2.35. The summed E-state index contributed by atoms with van der Waals surface area (Å²) >= 11 is 0. The SMILES string of the molecule is O=C(O)CNS(=O)(=O)c1cc2ccccc2o1. The highest BCUT2D eigenvalue weighted by Gasteiger charge is 2.19. The average Bonchev–Trinajstić information content (AvgIpc) is 2.71. The third-order valence-corrected chi connectivity index (χ3v) is 3.34. The van der Waals surface area contributed by atoms with Crippen LogP contribution in [0.25, 0.3) is 11.0 Å². The maximum absolute atomic E-state index is 11.6. The molecule has 0 atom stereocenters. The molecule has 1 aromatic heterocycles. The number of carboxylic acid groups (broad SMARTS) is 1. The van der Waals surface area contributed by atoms with Crippen LogP contribution in [0.5, 0.6) is 0 Å². The van der Waals surface area contributed by atoms with Crippen molar-refractivity contribution in [3.63, 3.8) is 0 Å². The maximum atomic E-state index is 11.6. The number of sulfonamides is 1. The average molecular weight is 255 g/mol. The van der Waals surface area contributed by atoms with Crippen molar-refractivity contribution in [2.24, 2.45) is 0 Å². The van der Waals surface area contributed by atoms with Crippen molar-refractivity contribution in [3.05, 3.63) is 30.3 Å². The number of carboxylic acids is 1. The van der Waals surface area contributed by atoms with Crippen molar-refractivity contribution < 1.29 is 22.7 Å². The first-order chi connectivity index (χ1) is 7.99. The minimum atomic E-state index is -3.91. The first kappa shape index (κ1) is 11.6. The van der Waals surface area contributed by atoms with Crippen LogP contribution < -0.4 is 4.72 Å². The lowest BCUT2D eigenvalue weighted by Gasteiger charge is -1.99. The van der Waals surface area contributed by atoms with Crippen LogP contribution >= 0.6 is 0 Å². The van der Waals surface area contributed by atoms with Gasteiger partial charge in [0.15, 0.2) is 0 Å². The lowest BCUT2D eigenvalue weighted by atomic mass is 10.3. The van der Waals surface area contributed by atoms with E-state index in [0.29, 0.717) is 11.0 Å². The number of hydrogen-bond donors (Lipinski definition) is 2. The Morgan fingerprint density at radius 3 is 2.71 bits per heavy atom. The van der Waals surface area contributed by atoms with Crippen molar-refractivity contribution >= 4 is 27.0 Å². The second kappa shape index (κ2) is 4.19. The van der Waals surface area contributed by atoms with E-state index in [2.05, 4.69) is 0 Å². The number of benzene rings is 1. The second-order valence-corrected chi connectivity index (χ2v) is 5.02. The van der Waals surface area contributed by atoms with Gasteiger partial charge in [-0.1, -0.05) is 18.2 Å².